The summed E-state index contributed by atoms with van der Waals surface area (Å²) in [7, 11) is -3.22. The lowest BCUT2D eigenvalue weighted by atomic mass is 10.1. The van der Waals surface area contributed by atoms with Gasteiger partial charge in [0.2, 0.25) is 15.9 Å². The third kappa shape index (κ3) is 4.81. The van der Waals surface area contributed by atoms with Gasteiger partial charge < -0.3 is 9.88 Å². The number of rotatable bonds is 7. The van der Waals surface area contributed by atoms with Gasteiger partial charge in [-0.05, 0) is 43.7 Å². The average molecular weight is 433 g/mol. The SMILES string of the molecule is CCS(=O)(=O)N1CCC(NC(=O)Cn2c(SC(F)F)nc3ccccc32)CC1. The third-order valence-electron chi connectivity index (χ3n) is 4.69. The standard InChI is InChI=1S/C17H22F2N4O3S2/c1-2-28(25,26)22-9-7-12(8-10-22)20-15(24)11-23-14-6-4-3-5-13(14)21-17(23)27-16(18)19/h3-6,12,16H,2,7-11H2,1H3,(H,20,24). The molecule has 0 spiro atoms. The van der Waals surface area contributed by atoms with E-state index in [1.54, 1.807) is 31.2 Å². The number of piperidine rings is 1. The van der Waals surface area contributed by atoms with E-state index in [-0.39, 0.29) is 29.4 Å². The molecule has 1 aliphatic rings. The van der Waals surface area contributed by atoms with E-state index in [4.69, 9.17) is 0 Å². The molecule has 0 unspecified atom stereocenters. The molecule has 1 fully saturated rings. The minimum absolute atomic E-state index is 0.0578. The molecule has 1 N–H and O–H groups in total. The van der Waals surface area contributed by atoms with Crippen LogP contribution in [0.1, 0.15) is 19.8 Å². The first-order valence-corrected chi connectivity index (χ1v) is 11.5. The number of fused-ring (bicyclic) bond motifs is 1. The molecule has 0 saturated carbocycles. The number of carbonyl (C=O) groups excluding carboxylic acids is 1. The van der Waals surface area contributed by atoms with Crippen LogP contribution in [0.25, 0.3) is 11.0 Å². The monoisotopic (exact) mass is 432 g/mol. The number of imidazole rings is 1. The second-order valence-electron chi connectivity index (χ2n) is 6.49. The fourth-order valence-electron chi connectivity index (χ4n) is 3.25. The number of thioether (sulfide) groups is 1. The van der Waals surface area contributed by atoms with Gasteiger partial charge in [0.15, 0.2) is 5.16 Å². The van der Waals surface area contributed by atoms with Crippen LogP contribution < -0.4 is 5.32 Å². The van der Waals surface area contributed by atoms with Crippen molar-refractivity contribution >= 4 is 38.7 Å². The molecule has 1 aromatic carbocycles. The van der Waals surface area contributed by atoms with Gasteiger partial charge in [-0.2, -0.15) is 8.78 Å². The summed E-state index contributed by atoms with van der Waals surface area (Å²) in [5.41, 5.74) is 1.17. The lowest BCUT2D eigenvalue weighted by Gasteiger charge is -2.31. The Labute approximate surface area is 166 Å². The van der Waals surface area contributed by atoms with Crippen LogP contribution in [0.4, 0.5) is 8.78 Å². The predicted octanol–water partition coefficient (Wildman–Crippen LogP) is 2.28. The molecular formula is C17H22F2N4O3S2. The maximum atomic E-state index is 12.9. The molecule has 1 aliphatic heterocycles. The van der Waals surface area contributed by atoms with E-state index in [0.717, 1.165) is 0 Å². The summed E-state index contributed by atoms with van der Waals surface area (Å²) >= 11 is 0.310. The van der Waals surface area contributed by atoms with Crippen LogP contribution in [0, 0.1) is 0 Å². The number of alkyl halides is 2. The zero-order chi connectivity index (χ0) is 20.3. The normalized spacial score (nSPS) is 16.7. The number of para-hydroxylation sites is 2. The topological polar surface area (TPSA) is 84.3 Å². The summed E-state index contributed by atoms with van der Waals surface area (Å²) in [4.78, 5) is 16.7. The van der Waals surface area contributed by atoms with Crippen molar-refractivity contribution < 1.29 is 22.0 Å². The molecule has 0 aliphatic carbocycles. The van der Waals surface area contributed by atoms with Crippen molar-refractivity contribution in [2.75, 3.05) is 18.8 Å². The molecular weight excluding hydrogens is 410 g/mol. The van der Waals surface area contributed by atoms with Crippen LogP contribution in [0.3, 0.4) is 0 Å². The molecule has 3 rings (SSSR count). The Kier molecular flexibility index (Phi) is 6.56. The van der Waals surface area contributed by atoms with Gasteiger partial charge in [-0.15, -0.1) is 0 Å². The highest BCUT2D eigenvalue weighted by Gasteiger charge is 2.27. The van der Waals surface area contributed by atoms with Crippen molar-refractivity contribution in [2.45, 2.75) is 43.3 Å². The van der Waals surface area contributed by atoms with Crippen molar-refractivity contribution in [3.05, 3.63) is 24.3 Å². The summed E-state index contributed by atoms with van der Waals surface area (Å²) in [5, 5.41) is 2.98. The second kappa shape index (κ2) is 8.75. The summed E-state index contributed by atoms with van der Waals surface area (Å²) in [6.07, 6.45) is 1.04. The molecule has 154 valence electrons. The molecule has 11 heteroatoms. The van der Waals surface area contributed by atoms with Crippen LogP contribution in [-0.2, 0) is 21.4 Å². The van der Waals surface area contributed by atoms with Gasteiger partial charge in [0, 0.05) is 19.1 Å². The molecule has 0 radical (unpaired) electrons. The van der Waals surface area contributed by atoms with E-state index < -0.39 is 15.8 Å². The van der Waals surface area contributed by atoms with Crippen LogP contribution in [0.5, 0.6) is 0 Å². The maximum Gasteiger partial charge on any atom is 0.291 e. The molecule has 0 atom stereocenters. The minimum atomic E-state index is -3.22. The van der Waals surface area contributed by atoms with Gasteiger partial charge in [-0.25, -0.2) is 17.7 Å². The quantitative estimate of drug-likeness (QED) is 0.679. The van der Waals surface area contributed by atoms with Gasteiger partial charge in [0.25, 0.3) is 5.76 Å². The van der Waals surface area contributed by atoms with Gasteiger partial charge in [0.05, 0.1) is 16.8 Å². The Morgan fingerprint density at radius 3 is 2.64 bits per heavy atom. The summed E-state index contributed by atoms with van der Waals surface area (Å²) in [6.45, 7) is 2.21. The molecule has 7 nitrogen and oxygen atoms in total. The Hall–Kier alpha value is -1.72. The Bertz CT molecular complexity index is 941. The van der Waals surface area contributed by atoms with E-state index in [0.29, 0.717) is 48.7 Å². The van der Waals surface area contributed by atoms with Gasteiger partial charge in [-0.1, -0.05) is 12.1 Å². The average Bonchev–Trinajstić information content (AvgIpc) is 2.98. The molecule has 2 heterocycles. The number of benzene rings is 1. The highest BCUT2D eigenvalue weighted by molar-refractivity contribution is 7.99. The lowest BCUT2D eigenvalue weighted by molar-refractivity contribution is -0.122. The second-order valence-corrected chi connectivity index (χ2v) is 9.70. The zero-order valence-corrected chi connectivity index (χ0v) is 17.0. The van der Waals surface area contributed by atoms with Crippen molar-refractivity contribution in [2.24, 2.45) is 0 Å². The van der Waals surface area contributed by atoms with E-state index in [1.807, 2.05) is 0 Å². The van der Waals surface area contributed by atoms with E-state index in [2.05, 4.69) is 10.3 Å². The lowest BCUT2D eigenvalue weighted by Crippen LogP contribution is -2.47. The number of halogens is 2. The van der Waals surface area contributed by atoms with E-state index >= 15 is 0 Å². The molecule has 1 saturated heterocycles. The number of hydrogen-bond donors (Lipinski definition) is 1. The van der Waals surface area contributed by atoms with Crippen LogP contribution in [0.2, 0.25) is 0 Å². The van der Waals surface area contributed by atoms with Gasteiger partial charge in [-0.3, -0.25) is 4.79 Å². The Morgan fingerprint density at radius 1 is 1.32 bits per heavy atom. The highest BCUT2D eigenvalue weighted by atomic mass is 32.2. The van der Waals surface area contributed by atoms with Crippen LogP contribution in [-0.4, -0.2) is 58.8 Å². The number of sulfonamides is 1. The first-order chi connectivity index (χ1) is 13.3. The predicted molar refractivity (Wildman–Crippen MR) is 104 cm³/mol. The minimum Gasteiger partial charge on any atom is -0.352 e. The first-order valence-electron chi connectivity index (χ1n) is 8.97. The smallest absolute Gasteiger partial charge is 0.291 e. The highest BCUT2D eigenvalue weighted by Crippen LogP contribution is 2.28. The van der Waals surface area contributed by atoms with E-state index in [1.165, 1.54) is 8.87 Å². The Balaban J connectivity index is 1.66. The molecule has 28 heavy (non-hydrogen) atoms. The number of nitrogens with zero attached hydrogens (tertiary/aromatic N) is 3. The van der Waals surface area contributed by atoms with Crippen molar-refractivity contribution in [1.82, 2.24) is 19.2 Å². The third-order valence-corrected chi connectivity index (χ3v) is 7.28. The molecule has 2 aromatic rings. The largest absolute Gasteiger partial charge is 0.352 e. The Morgan fingerprint density at radius 2 is 2.00 bits per heavy atom. The van der Waals surface area contributed by atoms with Gasteiger partial charge >= 0.3 is 0 Å². The molecule has 0 bridgehead atoms. The molecule has 1 aromatic heterocycles. The van der Waals surface area contributed by atoms with Crippen molar-refractivity contribution in [3.8, 4) is 0 Å². The van der Waals surface area contributed by atoms with Crippen LogP contribution in [0.15, 0.2) is 29.4 Å². The summed E-state index contributed by atoms with van der Waals surface area (Å²) < 4.78 is 52.5. The summed E-state index contributed by atoms with van der Waals surface area (Å²) in [5.74, 6) is -2.89. The van der Waals surface area contributed by atoms with Gasteiger partial charge in [0.1, 0.15) is 6.54 Å². The summed E-state index contributed by atoms with van der Waals surface area (Å²) in [6, 6.07) is 6.83. The number of hydrogen-bond acceptors (Lipinski definition) is 5. The maximum absolute atomic E-state index is 12.9. The van der Waals surface area contributed by atoms with Crippen LogP contribution >= 0.6 is 11.8 Å². The number of aromatic nitrogens is 2. The van der Waals surface area contributed by atoms with Crippen molar-refractivity contribution in [1.29, 1.82) is 0 Å². The fourth-order valence-corrected chi connectivity index (χ4v) is 4.99. The van der Waals surface area contributed by atoms with E-state index in [9.17, 15) is 22.0 Å². The number of carbonyl (C=O) groups is 1. The zero-order valence-electron chi connectivity index (χ0n) is 15.3. The van der Waals surface area contributed by atoms with Crippen molar-refractivity contribution in [3.63, 3.8) is 0 Å². The fraction of sp³-hybridized carbons (Fsp3) is 0.529. The number of nitrogens with one attached hydrogen (secondary N) is 1. The first kappa shape index (κ1) is 21.0. The molecule has 1 amide bonds. The number of amides is 1.